The van der Waals surface area contributed by atoms with E-state index in [0.29, 0.717) is 24.4 Å². The van der Waals surface area contributed by atoms with Crippen molar-refractivity contribution in [3.63, 3.8) is 0 Å². The summed E-state index contributed by atoms with van der Waals surface area (Å²) in [5.41, 5.74) is 2.29. The Balaban J connectivity index is 1.54. The Morgan fingerprint density at radius 3 is 2.65 bits per heavy atom. The number of hydrogen-bond donors (Lipinski definition) is 1. The van der Waals surface area contributed by atoms with Gasteiger partial charge in [0.05, 0.1) is 6.54 Å². The summed E-state index contributed by atoms with van der Waals surface area (Å²) in [6.45, 7) is 2.89. The first kappa shape index (κ1) is 18.0. The van der Waals surface area contributed by atoms with Crippen molar-refractivity contribution in [1.29, 1.82) is 0 Å². The highest BCUT2D eigenvalue weighted by molar-refractivity contribution is 5.98. The van der Waals surface area contributed by atoms with Gasteiger partial charge in [-0.2, -0.15) is 0 Å². The third kappa shape index (κ3) is 4.63. The molecule has 0 atom stereocenters. The van der Waals surface area contributed by atoms with Crippen molar-refractivity contribution in [1.82, 2.24) is 4.90 Å². The molecular formula is C21H24N2O3. The maximum absolute atomic E-state index is 12.6. The van der Waals surface area contributed by atoms with Gasteiger partial charge < -0.3 is 15.0 Å². The lowest BCUT2D eigenvalue weighted by molar-refractivity contribution is -0.117. The lowest BCUT2D eigenvalue weighted by Gasteiger charge is -2.18. The van der Waals surface area contributed by atoms with E-state index < -0.39 is 0 Å². The molecule has 0 saturated heterocycles. The molecule has 0 unspecified atom stereocenters. The van der Waals surface area contributed by atoms with Gasteiger partial charge in [-0.05, 0) is 49.6 Å². The van der Waals surface area contributed by atoms with Gasteiger partial charge in [-0.1, -0.05) is 24.3 Å². The van der Waals surface area contributed by atoms with Crippen LogP contribution in [0.2, 0.25) is 0 Å². The van der Waals surface area contributed by atoms with E-state index in [2.05, 4.69) is 5.32 Å². The van der Waals surface area contributed by atoms with Gasteiger partial charge >= 0.3 is 0 Å². The molecule has 0 heterocycles. The number of likely N-dealkylation sites (N-methyl/N-ethyl adjacent to an activating group) is 1. The van der Waals surface area contributed by atoms with E-state index in [0.717, 1.165) is 24.2 Å². The quantitative estimate of drug-likeness (QED) is 0.830. The minimum atomic E-state index is -0.0964. The molecule has 0 spiro atoms. The Bertz CT molecular complexity index is 799. The highest BCUT2D eigenvalue weighted by Crippen LogP contribution is 2.30. The molecule has 0 radical (unpaired) electrons. The molecule has 5 nitrogen and oxygen atoms in total. The number of amides is 2. The van der Waals surface area contributed by atoms with E-state index in [1.165, 1.54) is 0 Å². The normalized spacial score (nSPS) is 13.2. The standard InChI is InChI=1S/C21H24N2O3/c1-15-6-3-4-9-19(15)26-13-12-23(2)21(25)17-7-5-8-18(14-17)22-20(24)16-10-11-16/h3-9,14,16H,10-13H2,1-2H3,(H,22,24). The lowest BCUT2D eigenvalue weighted by atomic mass is 10.1. The number of nitrogens with one attached hydrogen (secondary N) is 1. The van der Waals surface area contributed by atoms with Crippen LogP contribution < -0.4 is 10.1 Å². The van der Waals surface area contributed by atoms with Gasteiger partial charge in [0.2, 0.25) is 5.91 Å². The number of carbonyl (C=O) groups is 2. The van der Waals surface area contributed by atoms with Gasteiger partial charge in [0, 0.05) is 24.2 Å². The summed E-state index contributed by atoms with van der Waals surface area (Å²) in [7, 11) is 1.75. The lowest BCUT2D eigenvalue weighted by Crippen LogP contribution is -2.31. The van der Waals surface area contributed by atoms with Crippen molar-refractivity contribution < 1.29 is 14.3 Å². The number of hydrogen-bond acceptors (Lipinski definition) is 3. The summed E-state index contributed by atoms with van der Waals surface area (Å²) in [6.07, 6.45) is 1.90. The van der Waals surface area contributed by atoms with Crippen LogP contribution in [-0.2, 0) is 4.79 Å². The predicted molar refractivity (Wildman–Crippen MR) is 101 cm³/mol. The number of ether oxygens (including phenoxy) is 1. The number of benzene rings is 2. The molecule has 0 aromatic heterocycles. The highest BCUT2D eigenvalue weighted by atomic mass is 16.5. The van der Waals surface area contributed by atoms with Crippen molar-refractivity contribution in [2.24, 2.45) is 5.92 Å². The van der Waals surface area contributed by atoms with Crippen LogP contribution in [0, 0.1) is 12.8 Å². The van der Waals surface area contributed by atoms with Crippen LogP contribution in [0.4, 0.5) is 5.69 Å². The molecule has 1 saturated carbocycles. The molecule has 1 fully saturated rings. The minimum absolute atomic E-state index is 0.0367. The summed E-state index contributed by atoms with van der Waals surface area (Å²) >= 11 is 0. The van der Waals surface area contributed by atoms with Crippen molar-refractivity contribution >= 4 is 17.5 Å². The minimum Gasteiger partial charge on any atom is -0.491 e. The van der Waals surface area contributed by atoms with E-state index in [4.69, 9.17) is 4.74 Å². The summed E-state index contributed by atoms with van der Waals surface area (Å²) in [4.78, 5) is 26.1. The van der Waals surface area contributed by atoms with E-state index in [9.17, 15) is 9.59 Å². The fourth-order valence-corrected chi connectivity index (χ4v) is 2.65. The molecule has 0 bridgehead atoms. The molecule has 5 heteroatoms. The molecule has 2 amide bonds. The average Bonchev–Trinajstić information content (AvgIpc) is 3.48. The fraction of sp³-hybridized carbons (Fsp3) is 0.333. The van der Waals surface area contributed by atoms with Crippen molar-refractivity contribution in [3.05, 3.63) is 59.7 Å². The molecular weight excluding hydrogens is 328 g/mol. The summed E-state index contributed by atoms with van der Waals surface area (Å²) in [5, 5.41) is 2.87. The second-order valence-corrected chi connectivity index (χ2v) is 6.68. The Kier molecular flexibility index (Phi) is 5.56. The van der Waals surface area contributed by atoms with Crippen molar-refractivity contribution in [3.8, 4) is 5.75 Å². The largest absolute Gasteiger partial charge is 0.491 e. The molecule has 2 aromatic rings. The van der Waals surface area contributed by atoms with Crippen molar-refractivity contribution in [2.45, 2.75) is 19.8 Å². The van der Waals surface area contributed by atoms with Crippen molar-refractivity contribution in [2.75, 3.05) is 25.5 Å². The van der Waals surface area contributed by atoms with E-state index in [1.807, 2.05) is 31.2 Å². The van der Waals surface area contributed by atoms with Gasteiger partial charge in [-0.25, -0.2) is 0 Å². The summed E-state index contributed by atoms with van der Waals surface area (Å²) < 4.78 is 5.75. The summed E-state index contributed by atoms with van der Waals surface area (Å²) in [6, 6.07) is 14.9. The second kappa shape index (κ2) is 8.04. The number of para-hydroxylation sites is 1. The Morgan fingerprint density at radius 1 is 1.15 bits per heavy atom. The van der Waals surface area contributed by atoms with Gasteiger partial charge in [0.25, 0.3) is 5.91 Å². The van der Waals surface area contributed by atoms with Gasteiger partial charge in [0.15, 0.2) is 0 Å². The monoisotopic (exact) mass is 352 g/mol. The van der Waals surface area contributed by atoms with Crippen LogP contribution in [-0.4, -0.2) is 36.9 Å². The predicted octanol–water partition coefficient (Wildman–Crippen LogP) is 3.49. The van der Waals surface area contributed by atoms with Gasteiger partial charge in [-0.15, -0.1) is 0 Å². The zero-order valence-electron chi connectivity index (χ0n) is 15.2. The number of carbonyl (C=O) groups excluding carboxylic acids is 2. The van der Waals surface area contributed by atoms with Crippen LogP contribution in [0.15, 0.2) is 48.5 Å². The second-order valence-electron chi connectivity index (χ2n) is 6.68. The van der Waals surface area contributed by atoms with E-state index in [-0.39, 0.29) is 17.7 Å². The smallest absolute Gasteiger partial charge is 0.253 e. The first-order valence-electron chi connectivity index (χ1n) is 8.89. The zero-order valence-corrected chi connectivity index (χ0v) is 15.2. The van der Waals surface area contributed by atoms with E-state index >= 15 is 0 Å². The van der Waals surface area contributed by atoms with Crippen LogP contribution in [0.1, 0.15) is 28.8 Å². The Hall–Kier alpha value is -2.82. The van der Waals surface area contributed by atoms with Crippen LogP contribution >= 0.6 is 0 Å². The topological polar surface area (TPSA) is 58.6 Å². The Labute approximate surface area is 154 Å². The molecule has 1 N–H and O–H groups in total. The van der Waals surface area contributed by atoms with E-state index in [1.54, 1.807) is 36.2 Å². The summed E-state index contributed by atoms with van der Waals surface area (Å²) in [5.74, 6) is 0.907. The number of anilines is 1. The number of aryl methyl sites for hydroxylation is 1. The van der Waals surface area contributed by atoms with Gasteiger partial charge in [-0.3, -0.25) is 9.59 Å². The fourth-order valence-electron chi connectivity index (χ4n) is 2.65. The maximum atomic E-state index is 12.6. The first-order chi connectivity index (χ1) is 12.5. The zero-order chi connectivity index (χ0) is 18.5. The average molecular weight is 352 g/mol. The molecule has 2 aromatic carbocycles. The number of nitrogens with zero attached hydrogens (tertiary/aromatic N) is 1. The maximum Gasteiger partial charge on any atom is 0.253 e. The third-order valence-electron chi connectivity index (χ3n) is 4.45. The first-order valence-corrected chi connectivity index (χ1v) is 8.89. The SMILES string of the molecule is Cc1ccccc1OCCN(C)C(=O)c1cccc(NC(=O)C2CC2)c1. The third-order valence-corrected chi connectivity index (χ3v) is 4.45. The Morgan fingerprint density at radius 2 is 1.92 bits per heavy atom. The molecule has 1 aliphatic carbocycles. The molecule has 26 heavy (non-hydrogen) atoms. The number of rotatable bonds is 7. The molecule has 1 aliphatic rings. The molecule has 0 aliphatic heterocycles. The molecule has 3 rings (SSSR count). The highest BCUT2D eigenvalue weighted by Gasteiger charge is 2.29. The van der Waals surface area contributed by atoms with Crippen LogP contribution in [0.5, 0.6) is 5.75 Å². The van der Waals surface area contributed by atoms with Gasteiger partial charge in [0.1, 0.15) is 12.4 Å². The van der Waals surface area contributed by atoms with Crippen LogP contribution in [0.3, 0.4) is 0 Å². The molecule has 136 valence electrons. The van der Waals surface area contributed by atoms with Crippen LogP contribution in [0.25, 0.3) is 0 Å².